The number of hydrogen-bond acceptors (Lipinski definition) is 4. The number of pyridine rings is 1. The molecule has 0 amide bonds. The molecule has 2 aromatic rings. The van der Waals surface area contributed by atoms with Crippen molar-refractivity contribution in [3.8, 4) is 11.5 Å². The largest absolute Gasteiger partial charge is 0.619 e. The number of ether oxygens (including phenoxy) is 2. The van der Waals surface area contributed by atoms with E-state index in [2.05, 4.69) is 4.74 Å². The molecule has 1 aromatic heterocycles. The number of aromatic nitrogens is 1. The van der Waals surface area contributed by atoms with Gasteiger partial charge in [0.05, 0.1) is 12.7 Å². The Morgan fingerprint density at radius 2 is 1.82 bits per heavy atom. The maximum Gasteiger partial charge on any atom is 0.387 e. The highest BCUT2D eigenvalue weighted by molar-refractivity contribution is 7.59. The van der Waals surface area contributed by atoms with E-state index in [0.29, 0.717) is 28.4 Å². The summed E-state index contributed by atoms with van der Waals surface area (Å²) in [5, 5.41) is 22.1. The molecule has 1 heterocycles. The molecule has 0 unspecified atom stereocenters. The van der Waals surface area contributed by atoms with Gasteiger partial charge in [0.2, 0.25) is 0 Å². The third kappa shape index (κ3) is 6.01. The van der Waals surface area contributed by atoms with Gasteiger partial charge in [-0.1, -0.05) is 29.3 Å². The Kier molecular flexibility index (Phi) is 8.00. The summed E-state index contributed by atoms with van der Waals surface area (Å²) in [6.07, 6.45) is 3.36. The first kappa shape index (κ1) is 22.8. The van der Waals surface area contributed by atoms with Crippen molar-refractivity contribution < 1.29 is 28.1 Å². The minimum Gasteiger partial charge on any atom is -0.619 e. The van der Waals surface area contributed by atoms with Crippen LogP contribution in [0.2, 0.25) is 10.0 Å². The molecule has 1 aliphatic carbocycles. The average molecular weight is 454 g/mol. The van der Waals surface area contributed by atoms with Gasteiger partial charge in [-0.15, -0.1) is 0 Å². The summed E-state index contributed by atoms with van der Waals surface area (Å²) in [4.78, 5) is 0. The van der Waals surface area contributed by atoms with Crippen LogP contribution in [0.5, 0.6) is 11.5 Å². The fraction of sp³-hybridized carbons (Fsp3) is 0.389. The lowest BCUT2D eigenvalue weighted by molar-refractivity contribution is -0.605. The van der Waals surface area contributed by atoms with E-state index in [9.17, 15) is 19.1 Å². The summed E-state index contributed by atoms with van der Waals surface area (Å²) in [5.74, 6) is 0.463. The van der Waals surface area contributed by atoms with Crippen LogP contribution in [0.25, 0.3) is 0 Å². The number of aliphatic hydroxyl groups is 1. The molecule has 3 rings (SSSR count). The highest BCUT2D eigenvalue weighted by Gasteiger charge is 2.24. The van der Waals surface area contributed by atoms with Gasteiger partial charge in [0, 0.05) is 12.0 Å². The molecule has 1 saturated carbocycles. The van der Waals surface area contributed by atoms with E-state index in [1.54, 1.807) is 0 Å². The maximum absolute atomic E-state index is 12.6. The Morgan fingerprint density at radius 1 is 1.18 bits per heavy atom. The van der Waals surface area contributed by atoms with Crippen LogP contribution >= 0.6 is 36.7 Å². The number of rotatable bonds is 8. The molecule has 1 aromatic carbocycles. The molecule has 5 nitrogen and oxygen atoms in total. The zero-order valence-corrected chi connectivity index (χ0v) is 17.1. The van der Waals surface area contributed by atoms with Gasteiger partial charge in [0.1, 0.15) is 10.0 Å². The van der Waals surface area contributed by atoms with Crippen LogP contribution in [-0.4, -0.2) is 18.3 Å². The summed E-state index contributed by atoms with van der Waals surface area (Å²) in [6.45, 7) is -2.58. The van der Waals surface area contributed by atoms with Crippen molar-refractivity contribution in [2.75, 3.05) is 6.61 Å². The topological polar surface area (TPSA) is 65.6 Å². The van der Waals surface area contributed by atoms with Crippen LogP contribution in [0.3, 0.4) is 0 Å². The van der Waals surface area contributed by atoms with Crippen LogP contribution in [0.4, 0.5) is 8.78 Å². The van der Waals surface area contributed by atoms with Crippen molar-refractivity contribution in [2.45, 2.75) is 32.0 Å². The first-order valence-corrected chi connectivity index (χ1v) is 9.05. The second-order valence-corrected chi connectivity index (χ2v) is 7.17. The summed E-state index contributed by atoms with van der Waals surface area (Å²) in [7, 11) is 0. The minimum absolute atomic E-state index is 0. The number of aliphatic hydroxyl groups excluding tert-OH is 1. The average Bonchev–Trinajstić information content (AvgIpc) is 3.40. The van der Waals surface area contributed by atoms with E-state index >= 15 is 0 Å². The van der Waals surface area contributed by atoms with Crippen molar-refractivity contribution in [2.24, 2.45) is 5.92 Å². The van der Waals surface area contributed by atoms with Crippen molar-refractivity contribution in [3.63, 3.8) is 0 Å². The smallest absolute Gasteiger partial charge is 0.387 e. The van der Waals surface area contributed by atoms with Crippen molar-refractivity contribution in [3.05, 3.63) is 57.0 Å². The van der Waals surface area contributed by atoms with Gasteiger partial charge in [0.15, 0.2) is 23.9 Å². The number of halogens is 4. The Bertz CT molecular complexity index is 801. The molecule has 154 valence electrons. The second-order valence-electron chi connectivity index (χ2n) is 6.35. The molecule has 10 heteroatoms. The van der Waals surface area contributed by atoms with E-state index in [0.717, 1.165) is 25.2 Å². The summed E-state index contributed by atoms with van der Waals surface area (Å²) >= 11 is 12.1. The Hall–Kier alpha value is -1.48. The van der Waals surface area contributed by atoms with Gasteiger partial charge in [0.25, 0.3) is 0 Å². The molecule has 1 aliphatic rings. The van der Waals surface area contributed by atoms with Gasteiger partial charge in [-0.05, 0) is 36.5 Å². The van der Waals surface area contributed by atoms with Crippen molar-refractivity contribution in [1.29, 1.82) is 0 Å². The minimum atomic E-state index is -2.98. The van der Waals surface area contributed by atoms with Gasteiger partial charge in [-0.2, -0.15) is 27.0 Å². The lowest BCUT2D eigenvalue weighted by Crippen LogP contribution is -2.25. The molecule has 1 fully saturated rings. The van der Waals surface area contributed by atoms with Crippen LogP contribution < -0.4 is 14.2 Å². The Morgan fingerprint density at radius 3 is 2.39 bits per heavy atom. The monoisotopic (exact) mass is 453 g/mol. The highest BCUT2D eigenvalue weighted by atomic mass is 35.5. The fourth-order valence-electron chi connectivity index (χ4n) is 2.57. The van der Waals surface area contributed by atoms with E-state index in [1.165, 1.54) is 18.2 Å². The molecule has 28 heavy (non-hydrogen) atoms. The van der Waals surface area contributed by atoms with Crippen molar-refractivity contribution in [1.82, 2.24) is 0 Å². The van der Waals surface area contributed by atoms with Crippen LogP contribution in [0.1, 0.15) is 30.1 Å². The van der Waals surface area contributed by atoms with Gasteiger partial charge < -0.3 is 19.8 Å². The summed E-state index contributed by atoms with van der Waals surface area (Å²) < 4.78 is 35.7. The predicted octanol–water partition coefficient (Wildman–Crippen LogP) is 4.41. The molecule has 0 spiro atoms. The zero-order chi connectivity index (χ0) is 19.6. The normalized spacial score (nSPS) is 14.5. The summed E-state index contributed by atoms with van der Waals surface area (Å²) in [5.41, 5.74) is 0.833. The second kappa shape index (κ2) is 9.82. The highest BCUT2D eigenvalue weighted by Crippen LogP contribution is 2.36. The van der Waals surface area contributed by atoms with Gasteiger partial charge in [-0.25, -0.2) is 0 Å². The molecule has 1 atom stereocenters. The zero-order valence-electron chi connectivity index (χ0n) is 14.6. The molecular weight excluding hydrogens is 435 g/mol. The quantitative estimate of drug-likeness (QED) is 0.474. The number of hydrogen-bond donors (Lipinski definition) is 1. The van der Waals surface area contributed by atoms with Gasteiger partial charge >= 0.3 is 6.61 Å². The van der Waals surface area contributed by atoms with Crippen LogP contribution in [-0.2, 0) is 6.42 Å². The Balaban J connectivity index is 0.00000280. The Labute approximate surface area is 177 Å². The maximum atomic E-state index is 12.6. The van der Waals surface area contributed by atoms with E-state index in [1.807, 2.05) is 0 Å². The number of benzene rings is 1. The lowest BCUT2D eigenvalue weighted by Gasteiger charge is -2.17. The summed E-state index contributed by atoms with van der Waals surface area (Å²) in [6, 6.07) is 4.25. The number of nitrogens with zero attached hydrogens (tertiary/aromatic N) is 1. The lowest BCUT2D eigenvalue weighted by atomic mass is 10.0. The molecule has 1 N–H and O–H groups in total. The first-order valence-electron chi connectivity index (χ1n) is 8.29. The third-order valence-corrected chi connectivity index (χ3v) is 4.85. The third-order valence-electron chi connectivity index (χ3n) is 4.20. The molecule has 0 saturated heterocycles. The molecule has 0 aliphatic heterocycles. The van der Waals surface area contributed by atoms with E-state index in [4.69, 9.17) is 27.9 Å². The standard InChI is InChI=1S/C18H17Cl2F2NO4.H2S/c19-13-7-23(25)8-14(20)12(13)6-15(24)11-3-4-16(27-18(21)22)17(5-11)26-9-10-1-2-10;/h3-5,7-8,10,15,18,24H,1-2,6,9H2;1H2/t15-;/m0./s1. The fourth-order valence-corrected chi connectivity index (χ4v) is 3.17. The molecule has 0 radical (unpaired) electrons. The molecular formula is C18H19Cl2F2NO4S. The van der Waals surface area contributed by atoms with E-state index < -0.39 is 12.7 Å². The van der Waals surface area contributed by atoms with Crippen molar-refractivity contribution >= 4 is 36.7 Å². The number of alkyl halides is 2. The van der Waals surface area contributed by atoms with Crippen LogP contribution in [0.15, 0.2) is 30.6 Å². The van der Waals surface area contributed by atoms with Crippen LogP contribution in [0, 0.1) is 11.1 Å². The predicted molar refractivity (Wildman–Crippen MR) is 106 cm³/mol. The molecule has 0 bridgehead atoms. The van der Waals surface area contributed by atoms with Gasteiger partial charge in [-0.3, -0.25) is 0 Å². The first-order chi connectivity index (χ1) is 12.8. The SMILES string of the molecule is S.[O-][n+]1cc(Cl)c(C[C@H](O)c2ccc(OC(F)F)c(OCC3CC3)c2)c(Cl)c1. The van der Waals surface area contributed by atoms with E-state index in [-0.39, 0.29) is 41.5 Å².